The molecule has 4 heterocycles. The number of fused-ring (bicyclic) bond motifs is 1. The second-order valence-electron chi connectivity index (χ2n) is 6.49. The second kappa shape index (κ2) is 5.47. The lowest BCUT2D eigenvalue weighted by molar-refractivity contribution is 0.0706. The van der Waals surface area contributed by atoms with Crippen molar-refractivity contribution >= 4 is 26.8 Å². The summed E-state index contributed by atoms with van der Waals surface area (Å²) in [7, 11) is 1.94. The number of hydrogen-bond donors (Lipinski definition) is 1. The van der Waals surface area contributed by atoms with Crippen LogP contribution in [-0.2, 0) is 7.05 Å². The predicted octanol–water partition coefficient (Wildman–Crippen LogP) is 1.37. The van der Waals surface area contributed by atoms with Crippen molar-refractivity contribution < 1.29 is 5.11 Å². The molecule has 120 valence electrons. The van der Waals surface area contributed by atoms with Gasteiger partial charge in [-0.2, -0.15) is 5.10 Å². The molecule has 0 aromatic carbocycles. The van der Waals surface area contributed by atoms with Crippen LogP contribution >= 0.6 is 11.3 Å². The van der Waals surface area contributed by atoms with E-state index in [2.05, 4.69) is 14.9 Å². The second-order valence-corrected chi connectivity index (χ2v) is 7.47. The zero-order valence-corrected chi connectivity index (χ0v) is 14.0. The molecule has 0 bridgehead atoms. The molecule has 2 aliphatic heterocycles. The summed E-state index contributed by atoms with van der Waals surface area (Å²) in [6.07, 6.45) is 3.57. The Hall–Kier alpha value is -1.18. The largest absolute Gasteiger partial charge is 0.390 e. The molecule has 2 fully saturated rings. The molecule has 0 amide bonds. The van der Waals surface area contributed by atoms with Gasteiger partial charge in [0.2, 0.25) is 0 Å². The number of piperidine rings is 1. The number of anilines is 1. The third-order valence-corrected chi connectivity index (χ3v) is 6.14. The standard InChI is InChI=1S/C15H23N5OS/c1-10-13-14(18(2)17-10)16-15(22-13)20-8-11(12(21)9-20)19-6-4-3-5-7-19/h11-12,21H,3-9H2,1-2H3/t11-,12-/m0/s1. The quantitative estimate of drug-likeness (QED) is 0.905. The maximum absolute atomic E-state index is 10.5. The lowest BCUT2D eigenvalue weighted by Gasteiger charge is -2.33. The minimum absolute atomic E-state index is 0.256. The normalized spacial score (nSPS) is 27.1. The number of aliphatic hydroxyl groups is 1. The van der Waals surface area contributed by atoms with E-state index in [0.717, 1.165) is 40.8 Å². The first-order valence-corrected chi connectivity index (χ1v) is 8.92. The van der Waals surface area contributed by atoms with Crippen LogP contribution in [0.15, 0.2) is 0 Å². The Labute approximate surface area is 134 Å². The van der Waals surface area contributed by atoms with E-state index in [1.165, 1.54) is 19.3 Å². The van der Waals surface area contributed by atoms with Crippen molar-refractivity contribution in [3.8, 4) is 0 Å². The van der Waals surface area contributed by atoms with Gasteiger partial charge in [-0.15, -0.1) is 0 Å². The van der Waals surface area contributed by atoms with Crippen molar-refractivity contribution in [2.45, 2.75) is 38.3 Å². The topological polar surface area (TPSA) is 57.4 Å². The molecule has 2 aromatic heterocycles. The Morgan fingerprint density at radius 1 is 1.18 bits per heavy atom. The van der Waals surface area contributed by atoms with Gasteiger partial charge < -0.3 is 10.0 Å². The van der Waals surface area contributed by atoms with E-state index in [0.29, 0.717) is 6.54 Å². The molecule has 0 saturated carbocycles. The van der Waals surface area contributed by atoms with E-state index in [1.807, 2.05) is 18.7 Å². The van der Waals surface area contributed by atoms with Crippen molar-refractivity contribution in [1.82, 2.24) is 19.7 Å². The Morgan fingerprint density at radius 3 is 2.68 bits per heavy atom. The average molecular weight is 321 g/mol. The monoisotopic (exact) mass is 321 g/mol. The SMILES string of the molecule is Cc1nn(C)c2nc(N3C[C@H](O)[C@@H](N4CCCCC4)C3)sc12. The Kier molecular flexibility index (Phi) is 3.58. The van der Waals surface area contributed by atoms with Crippen molar-refractivity contribution in [3.05, 3.63) is 5.69 Å². The summed E-state index contributed by atoms with van der Waals surface area (Å²) in [5.74, 6) is 0. The van der Waals surface area contributed by atoms with Crippen molar-refractivity contribution in [2.75, 3.05) is 31.1 Å². The van der Waals surface area contributed by atoms with Gasteiger partial charge in [-0.1, -0.05) is 17.8 Å². The summed E-state index contributed by atoms with van der Waals surface area (Å²) in [6.45, 7) is 5.84. The highest BCUT2D eigenvalue weighted by atomic mass is 32.1. The molecule has 1 N–H and O–H groups in total. The van der Waals surface area contributed by atoms with Gasteiger partial charge in [0.15, 0.2) is 10.8 Å². The fourth-order valence-corrected chi connectivity index (χ4v) is 4.79. The molecule has 0 spiro atoms. The first kappa shape index (κ1) is 14.4. The van der Waals surface area contributed by atoms with Crippen LogP contribution in [0, 0.1) is 6.92 Å². The van der Waals surface area contributed by atoms with Gasteiger partial charge in [0, 0.05) is 20.1 Å². The van der Waals surface area contributed by atoms with Gasteiger partial charge in [-0.25, -0.2) is 9.67 Å². The Bertz CT molecular complexity index is 640. The highest BCUT2D eigenvalue weighted by Crippen LogP contribution is 2.33. The fraction of sp³-hybridized carbons (Fsp3) is 0.733. The first-order valence-electron chi connectivity index (χ1n) is 8.10. The van der Waals surface area contributed by atoms with Crippen molar-refractivity contribution in [3.63, 3.8) is 0 Å². The van der Waals surface area contributed by atoms with Gasteiger partial charge in [0.25, 0.3) is 0 Å². The van der Waals surface area contributed by atoms with Crippen LogP contribution in [0.25, 0.3) is 10.3 Å². The summed E-state index contributed by atoms with van der Waals surface area (Å²) in [4.78, 5) is 9.46. The van der Waals surface area contributed by atoms with E-state index in [1.54, 1.807) is 11.3 Å². The number of aryl methyl sites for hydroxylation is 2. The number of aromatic nitrogens is 3. The van der Waals surface area contributed by atoms with E-state index in [-0.39, 0.29) is 12.1 Å². The molecule has 22 heavy (non-hydrogen) atoms. The number of β-amino-alcohol motifs (C(OH)–C–C–N with tert-alkyl or cyclic N) is 1. The fourth-order valence-electron chi connectivity index (χ4n) is 3.74. The molecule has 2 saturated heterocycles. The Balaban J connectivity index is 1.56. The van der Waals surface area contributed by atoms with E-state index < -0.39 is 0 Å². The van der Waals surface area contributed by atoms with Gasteiger partial charge in [0.05, 0.1) is 22.5 Å². The molecular formula is C15H23N5OS. The van der Waals surface area contributed by atoms with Crippen molar-refractivity contribution in [2.24, 2.45) is 7.05 Å². The number of nitrogens with zero attached hydrogens (tertiary/aromatic N) is 5. The number of hydrogen-bond acceptors (Lipinski definition) is 6. The molecule has 2 aliphatic rings. The highest BCUT2D eigenvalue weighted by Gasteiger charge is 2.37. The molecule has 7 heteroatoms. The zero-order valence-electron chi connectivity index (χ0n) is 13.2. The van der Waals surface area contributed by atoms with E-state index >= 15 is 0 Å². The van der Waals surface area contributed by atoms with Crippen molar-refractivity contribution in [1.29, 1.82) is 0 Å². The van der Waals surface area contributed by atoms with Crippen LogP contribution in [0.3, 0.4) is 0 Å². The molecule has 2 atom stereocenters. The summed E-state index contributed by atoms with van der Waals surface area (Å²) in [5, 5.41) is 15.9. The van der Waals surface area contributed by atoms with E-state index in [9.17, 15) is 5.11 Å². The number of rotatable bonds is 2. The highest BCUT2D eigenvalue weighted by molar-refractivity contribution is 7.22. The van der Waals surface area contributed by atoms with Crippen LogP contribution in [0.5, 0.6) is 0 Å². The average Bonchev–Trinajstić information content (AvgIpc) is 3.17. The van der Waals surface area contributed by atoms with Crippen LogP contribution < -0.4 is 4.90 Å². The minimum atomic E-state index is -0.274. The molecular weight excluding hydrogens is 298 g/mol. The number of thiazole rings is 1. The third-order valence-electron chi connectivity index (χ3n) is 4.92. The zero-order chi connectivity index (χ0) is 15.3. The number of aliphatic hydroxyl groups excluding tert-OH is 1. The summed E-state index contributed by atoms with van der Waals surface area (Å²) in [6, 6.07) is 0.256. The minimum Gasteiger partial charge on any atom is -0.390 e. The summed E-state index contributed by atoms with van der Waals surface area (Å²) < 4.78 is 3.01. The number of likely N-dealkylation sites (tertiary alicyclic amines) is 1. The molecule has 4 rings (SSSR count). The molecule has 0 aliphatic carbocycles. The van der Waals surface area contributed by atoms with Crippen LogP contribution in [0.1, 0.15) is 25.0 Å². The van der Waals surface area contributed by atoms with Gasteiger partial charge in [-0.05, 0) is 32.9 Å². The summed E-state index contributed by atoms with van der Waals surface area (Å²) >= 11 is 1.69. The predicted molar refractivity (Wildman–Crippen MR) is 88.6 cm³/mol. The maximum Gasteiger partial charge on any atom is 0.188 e. The lowest BCUT2D eigenvalue weighted by atomic mass is 10.1. The third kappa shape index (κ3) is 2.31. The molecule has 6 nitrogen and oxygen atoms in total. The summed E-state index contributed by atoms with van der Waals surface area (Å²) in [5.41, 5.74) is 1.99. The Morgan fingerprint density at radius 2 is 1.95 bits per heavy atom. The molecule has 2 aromatic rings. The van der Waals surface area contributed by atoms with Gasteiger partial charge in [0.1, 0.15) is 0 Å². The maximum atomic E-state index is 10.5. The lowest BCUT2D eigenvalue weighted by Crippen LogP contribution is -2.45. The smallest absolute Gasteiger partial charge is 0.188 e. The van der Waals surface area contributed by atoms with Crippen LogP contribution in [0.2, 0.25) is 0 Å². The molecule has 0 unspecified atom stereocenters. The van der Waals surface area contributed by atoms with E-state index in [4.69, 9.17) is 4.98 Å². The van der Waals surface area contributed by atoms with Crippen LogP contribution in [0.4, 0.5) is 5.13 Å². The first-order chi connectivity index (χ1) is 10.6. The van der Waals surface area contributed by atoms with Crippen LogP contribution in [-0.4, -0.2) is 63.1 Å². The molecule has 0 radical (unpaired) electrons. The van der Waals surface area contributed by atoms with Gasteiger partial charge in [-0.3, -0.25) is 4.90 Å². The van der Waals surface area contributed by atoms with Gasteiger partial charge >= 0.3 is 0 Å².